The number of halogens is 1. The molecular formula is C30H37FN2O2. The van der Waals surface area contributed by atoms with E-state index >= 15 is 0 Å². The number of alkyl halides is 1. The van der Waals surface area contributed by atoms with E-state index in [4.69, 9.17) is 4.74 Å². The number of ether oxygens (including phenoxy) is 1. The van der Waals surface area contributed by atoms with Crippen molar-refractivity contribution in [1.82, 2.24) is 9.97 Å². The van der Waals surface area contributed by atoms with E-state index in [1.165, 1.54) is 6.92 Å². The van der Waals surface area contributed by atoms with Crippen LogP contribution in [0.2, 0.25) is 0 Å². The van der Waals surface area contributed by atoms with E-state index in [0.717, 1.165) is 67.2 Å². The largest absolute Gasteiger partial charge is 0.424 e. The summed E-state index contributed by atoms with van der Waals surface area (Å²) >= 11 is 0. The summed E-state index contributed by atoms with van der Waals surface area (Å²) in [4.78, 5) is 21.6. The summed E-state index contributed by atoms with van der Waals surface area (Å²) in [6, 6.07) is 15.1. The fraction of sp³-hybridized carbons (Fsp3) is 0.433. The van der Waals surface area contributed by atoms with Gasteiger partial charge in [-0.25, -0.2) is 19.2 Å². The van der Waals surface area contributed by atoms with Gasteiger partial charge < -0.3 is 4.74 Å². The zero-order valence-electron chi connectivity index (χ0n) is 21.2. The maximum Gasteiger partial charge on any atom is 0.348 e. The second-order valence-corrected chi connectivity index (χ2v) is 9.34. The minimum Gasteiger partial charge on any atom is -0.424 e. The molecule has 186 valence electrons. The minimum atomic E-state index is -1.99. The first-order valence-corrected chi connectivity index (χ1v) is 12.9. The minimum absolute atomic E-state index is 0.179. The summed E-state index contributed by atoms with van der Waals surface area (Å²) in [5, 5.41) is 0. The van der Waals surface area contributed by atoms with Gasteiger partial charge in [-0.2, -0.15) is 0 Å². The Morgan fingerprint density at radius 3 is 2.14 bits per heavy atom. The highest BCUT2D eigenvalue weighted by molar-refractivity contribution is 5.82. The molecular weight excluding hydrogens is 439 g/mol. The third-order valence-corrected chi connectivity index (χ3v) is 6.24. The Balaban J connectivity index is 1.67. The summed E-state index contributed by atoms with van der Waals surface area (Å²) in [5.41, 5.74) is 2.00. The molecule has 3 rings (SSSR count). The molecule has 0 N–H and O–H groups in total. The van der Waals surface area contributed by atoms with Crippen LogP contribution in [-0.2, 0) is 11.2 Å². The quantitative estimate of drug-likeness (QED) is 0.142. The lowest BCUT2D eigenvalue weighted by molar-refractivity contribution is -0.147. The molecule has 0 bridgehead atoms. The lowest BCUT2D eigenvalue weighted by Gasteiger charge is -2.18. The van der Waals surface area contributed by atoms with Crippen LogP contribution in [0.25, 0.3) is 22.5 Å². The van der Waals surface area contributed by atoms with Crippen molar-refractivity contribution in [3.63, 3.8) is 0 Å². The normalized spacial score (nSPS) is 12.8. The van der Waals surface area contributed by atoms with Crippen molar-refractivity contribution in [3.8, 4) is 28.3 Å². The number of nitrogens with zero attached hydrogens (tertiary/aromatic N) is 2. The van der Waals surface area contributed by atoms with Crippen molar-refractivity contribution in [3.05, 3.63) is 66.5 Å². The molecule has 0 saturated heterocycles. The van der Waals surface area contributed by atoms with E-state index in [1.807, 2.05) is 48.8 Å². The van der Waals surface area contributed by atoms with Crippen LogP contribution < -0.4 is 4.74 Å². The van der Waals surface area contributed by atoms with Gasteiger partial charge in [0.05, 0.1) is 0 Å². The van der Waals surface area contributed by atoms with Crippen LogP contribution in [0.15, 0.2) is 60.9 Å². The van der Waals surface area contributed by atoms with Crippen molar-refractivity contribution in [1.29, 1.82) is 0 Å². The molecule has 2 aromatic carbocycles. The van der Waals surface area contributed by atoms with E-state index < -0.39 is 11.6 Å². The predicted octanol–water partition coefficient (Wildman–Crippen LogP) is 8.15. The van der Waals surface area contributed by atoms with Crippen molar-refractivity contribution in [2.75, 3.05) is 0 Å². The average molecular weight is 477 g/mol. The Bertz CT molecular complexity index is 1060. The molecule has 3 aromatic rings. The molecule has 0 saturated carbocycles. The molecule has 1 heterocycles. The summed E-state index contributed by atoms with van der Waals surface area (Å²) in [5.74, 6) is 0.170. The van der Waals surface area contributed by atoms with Crippen LogP contribution in [0.3, 0.4) is 0 Å². The number of unbranched alkanes of at least 4 members (excludes halogenated alkanes) is 5. The van der Waals surface area contributed by atoms with E-state index in [2.05, 4.69) is 23.8 Å². The summed E-state index contributed by atoms with van der Waals surface area (Å²) in [6.07, 6.45) is 12.2. The molecule has 1 aromatic heterocycles. The van der Waals surface area contributed by atoms with Gasteiger partial charge in [-0.3, -0.25) is 0 Å². The number of carbonyl (C=O) groups excluding carboxylic acids is 1. The monoisotopic (exact) mass is 476 g/mol. The number of esters is 1. The molecule has 0 radical (unpaired) electrons. The van der Waals surface area contributed by atoms with Crippen molar-refractivity contribution in [2.24, 2.45) is 0 Å². The van der Waals surface area contributed by atoms with Gasteiger partial charge in [0.15, 0.2) is 5.82 Å². The highest BCUT2D eigenvalue weighted by Crippen LogP contribution is 2.32. The van der Waals surface area contributed by atoms with Crippen LogP contribution in [0.5, 0.6) is 5.75 Å². The van der Waals surface area contributed by atoms with Crippen LogP contribution in [0.1, 0.15) is 77.7 Å². The van der Waals surface area contributed by atoms with Crippen LogP contribution in [0, 0.1) is 0 Å². The van der Waals surface area contributed by atoms with Gasteiger partial charge in [-0.05, 0) is 61.4 Å². The predicted molar refractivity (Wildman–Crippen MR) is 140 cm³/mol. The molecule has 0 aliphatic heterocycles. The lowest BCUT2D eigenvalue weighted by atomic mass is 9.98. The summed E-state index contributed by atoms with van der Waals surface area (Å²) < 4.78 is 20.2. The van der Waals surface area contributed by atoms with Gasteiger partial charge in [0.1, 0.15) is 5.75 Å². The Kier molecular flexibility index (Phi) is 9.95. The first-order chi connectivity index (χ1) is 16.9. The lowest BCUT2D eigenvalue weighted by Crippen LogP contribution is -2.34. The first-order valence-electron chi connectivity index (χ1n) is 12.9. The Hall–Kier alpha value is -3.08. The molecule has 5 heteroatoms. The highest BCUT2D eigenvalue weighted by Gasteiger charge is 2.34. The SMILES string of the molecule is CCCCCCCC(C)(F)C(=O)Oc1ccc(-c2ccccc2-c2ncc(CCCC)cn2)cc1. The first kappa shape index (κ1) is 26.5. The molecule has 0 spiro atoms. The second-order valence-electron chi connectivity index (χ2n) is 9.34. The van der Waals surface area contributed by atoms with Crippen LogP contribution in [0.4, 0.5) is 4.39 Å². The second kappa shape index (κ2) is 13.1. The topological polar surface area (TPSA) is 52.1 Å². The van der Waals surface area contributed by atoms with Gasteiger partial charge in [-0.15, -0.1) is 0 Å². The van der Waals surface area contributed by atoms with E-state index in [9.17, 15) is 9.18 Å². The van der Waals surface area contributed by atoms with Crippen molar-refractivity contribution < 1.29 is 13.9 Å². The fourth-order valence-electron chi connectivity index (χ4n) is 4.01. The zero-order valence-corrected chi connectivity index (χ0v) is 21.2. The van der Waals surface area contributed by atoms with Gasteiger partial charge in [0.25, 0.3) is 0 Å². The van der Waals surface area contributed by atoms with Gasteiger partial charge in [-0.1, -0.05) is 82.3 Å². The smallest absolute Gasteiger partial charge is 0.348 e. The number of carbonyl (C=O) groups is 1. The maximum atomic E-state index is 14.9. The van der Waals surface area contributed by atoms with Gasteiger partial charge in [0.2, 0.25) is 5.67 Å². The van der Waals surface area contributed by atoms with Crippen LogP contribution in [-0.4, -0.2) is 21.6 Å². The van der Waals surface area contributed by atoms with E-state index in [-0.39, 0.29) is 6.42 Å². The molecule has 0 aliphatic rings. The molecule has 1 unspecified atom stereocenters. The Morgan fingerprint density at radius 2 is 1.49 bits per heavy atom. The van der Waals surface area contributed by atoms with Crippen molar-refractivity contribution >= 4 is 5.97 Å². The highest BCUT2D eigenvalue weighted by atomic mass is 19.1. The molecule has 0 amide bonds. The number of benzene rings is 2. The van der Waals surface area contributed by atoms with Gasteiger partial charge in [0, 0.05) is 18.0 Å². The maximum absolute atomic E-state index is 14.9. The third-order valence-electron chi connectivity index (χ3n) is 6.24. The Morgan fingerprint density at radius 1 is 0.857 bits per heavy atom. The van der Waals surface area contributed by atoms with E-state index in [0.29, 0.717) is 18.0 Å². The molecule has 0 fully saturated rings. The third kappa shape index (κ3) is 7.71. The molecule has 1 atom stereocenters. The number of hydrogen-bond donors (Lipinski definition) is 0. The average Bonchev–Trinajstić information content (AvgIpc) is 2.88. The molecule has 35 heavy (non-hydrogen) atoms. The number of hydrogen-bond acceptors (Lipinski definition) is 4. The molecule has 4 nitrogen and oxygen atoms in total. The fourth-order valence-corrected chi connectivity index (χ4v) is 4.01. The van der Waals surface area contributed by atoms with Crippen LogP contribution >= 0.6 is 0 Å². The van der Waals surface area contributed by atoms with Gasteiger partial charge >= 0.3 is 5.97 Å². The summed E-state index contributed by atoms with van der Waals surface area (Å²) in [7, 11) is 0. The summed E-state index contributed by atoms with van der Waals surface area (Å²) in [6.45, 7) is 5.62. The number of aromatic nitrogens is 2. The van der Waals surface area contributed by atoms with Crippen molar-refractivity contribution in [2.45, 2.75) is 84.2 Å². The standard InChI is InChI=1S/C30H37FN2O2/c1-4-6-8-9-12-20-30(3,31)29(34)35-25-18-16-24(17-19-25)26-14-10-11-15-27(26)28-32-21-23(22-33-28)13-7-5-2/h10-11,14-19,21-22H,4-9,12-13,20H2,1-3H3. The van der Waals surface area contributed by atoms with E-state index in [1.54, 1.807) is 12.1 Å². The number of aryl methyl sites for hydroxylation is 1. The molecule has 0 aliphatic carbocycles. The number of rotatable bonds is 13. The zero-order chi connectivity index (χ0) is 25.1. The Labute approximate surface area is 209 Å².